The molecule has 1 aliphatic rings. The number of benzene rings is 1. The second-order valence-corrected chi connectivity index (χ2v) is 6.65. The predicted octanol–water partition coefficient (Wildman–Crippen LogP) is 1.30. The molecule has 1 saturated heterocycles. The van der Waals surface area contributed by atoms with Crippen molar-refractivity contribution in [2.45, 2.75) is 25.5 Å². The van der Waals surface area contributed by atoms with Crippen LogP contribution in [0.15, 0.2) is 42.7 Å². The van der Waals surface area contributed by atoms with Crippen molar-refractivity contribution in [3.05, 3.63) is 53.9 Å². The van der Waals surface area contributed by atoms with Gasteiger partial charge in [-0.3, -0.25) is 14.4 Å². The number of β-amino-alcohol motifs (C(OH)–C–C–N with tert-alkyl or cyclic N) is 1. The first-order valence-corrected chi connectivity index (χ1v) is 8.15. The number of piperidine rings is 1. The highest BCUT2D eigenvalue weighted by Crippen LogP contribution is 2.36. The lowest BCUT2D eigenvalue weighted by molar-refractivity contribution is -0.163. The predicted molar refractivity (Wildman–Crippen MR) is 89.3 cm³/mol. The van der Waals surface area contributed by atoms with Crippen LogP contribution in [0.4, 0.5) is 0 Å². The molecule has 24 heavy (non-hydrogen) atoms. The van der Waals surface area contributed by atoms with Crippen molar-refractivity contribution in [1.29, 1.82) is 0 Å². The number of aliphatic hydroxyl groups excluding tert-OH is 1. The van der Waals surface area contributed by atoms with Gasteiger partial charge >= 0.3 is 5.97 Å². The largest absolute Gasteiger partial charge is 0.481 e. The molecule has 3 rings (SSSR count). The molecule has 6 nitrogen and oxygen atoms in total. The number of aliphatic carboxylic acids is 1. The molecule has 1 aliphatic heterocycles. The smallest absolute Gasteiger partial charge is 0.312 e. The molecule has 2 N–H and O–H groups in total. The maximum Gasteiger partial charge on any atom is 0.312 e. The molecular weight excluding hydrogens is 306 g/mol. The number of carbonyl (C=O) groups is 1. The summed E-state index contributed by atoms with van der Waals surface area (Å²) in [5.41, 5.74) is 0.891. The van der Waals surface area contributed by atoms with E-state index in [0.29, 0.717) is 32.5 Å². The first-order valence-electron chi connectivity index (χ1n) is 8.15. The van der Waals surface area contributed by atoms with E-state index in [0.717, 1.165) is 11.1 Å². The summed E-state index contributed by atoms with van der Waals surface area (Å²) < 4.78 is 1.74. The average molecular weight is 329 g/mol. The van der Waals surface area contributed by atoms with Gasteiger partial charge in [0.25, 0.3) is 0 Å². The number of aryl methyl sites for hydroxylation is 1. The Morgan fingerprint density at radius 2 is 2.08 bits per heavy atom. The summed E-state index contributed by atoms with van der Waals surface area (Å²) in [6.07, 6.45) is 3.62. The van der Waals surface area contributed by atoms with Gasteiger partial charge < -0.3 is 10.2 Å². The number of hydrogen-bond donors (Lipinski definition) is 2. The van der Waals surface area contributed by atoms with Crippen molar-refractivity contribution in [3.8, 4) is 0 Å². The lowest BCUT2D eigenvalue weighted by atomic mass is 9.71. The minimum atomic E-state index is -1.12. The van der Waals surface area contributed by atoms with Crippen LogP contribution in [-0.4, -0.2) is 50.1 Å². The molecule has 128 valence electrons. The molecular formula is C18H23N3O3. The van der Waals surface area contributed by atoms with Gasteiger partial charge in [0.05, 0.1) is 12.3 Å². The minimum Gasteiger partial charge on any atom is -0.481 e. The van der Waals surface area contributed by atoms with Crippen LogP contribution < -0.4 is 0 Å². The van der Waals surface area contributed by atoms with E-state index in [1.54, 1.807) is 10.9 Å². The van der Waals surface area contributed by atoms with Crippen molar-refractivity contribution in [1.82, 2.24) is 14.7 Å². The van der Waals surface area contributed by atoms with Crippen LogP contribution in [0, 0.1) is 5.41 Å². The maximum atomic E-state index is 12.0. The van der Waals surface area contributed by atoms with E-state index in [1.165, 1.54) is 0 Å². The van der Waals surface area contributed by atoms with Crippen LogP contribution >= 0.6 is 0 Å². The van der Waals surface area contributed by atoms with Crippen molar-refractivity contribution in [2.24, 2.45) is 12.5 Å². The summed E-state index contributed by atoms with van der Waals surface area (Å²) in [5, 5.41) is 24.6. The molecule has 1 aromatic heterocycles. The van der Waals surface area contributed by atoms with Crippen LogP contribution in [0.25, 0.3) is 0 Å². The van der Waals surface area contributed by atoms with E-state index in [4.69, 9.17) is 0 Å². The normalized spacial score (nSPS) is 24.8. The average Bonchev–Trinajstić information content (AvgIpc) is 2.96. The van der Waals surface area contributed by atoms with Gasteiger partial charge in [0, 0.05) is 31.9 Å². The zero-order valence-electron chi connectivity index (χ0n) is 13.8. The number of aromatic nitrogens is 2. The number of nitrogens with zero attached hydrogens (tertiary/aromatic N) is 3. The fourth-order valence-corrected chi connectivity index (χ4v) is 3.48. The van der Waals surface area contributed by atoms with Crippen molar-refractivity contribution < 1.29 is 15.0 Å². The van der Waals surface area contributed by atoms with Gasteiger partial charge in [-0.2, -0.15) is 5.10 Å². The molecule has 1 aromatic carbocycles. The van der Waals surface area contributed by atoms with Crippen molar-refractivity contribution in [3.63, 3.8) is 0 Å². The van der Waals surface area contributed by atoms with Crippen molar-refractivity contribution in [2.75, 3.05) is 13.1 Å². The fraction of sp³-hybridized carbons (Fsp3) is 0.444. The number of carboxylic acid groups (broad SMARTS) is 1. The van der Waals surface area contributed by atoms with Gasteiger partial charge in [-0.25, -0.2) is 0 Å². The zero-order valence-corrected chi connectivity index (χ0v) is 13.8. The summed E-state index contributed by atoms with van der Waals surface area (Å²) >= 11 is 0. The third-order valence-corrected chi connectivity index (χ3v) is 4.90. The summed E-state index contributed by atoms with van der Waals surface area (Å²) in [6, 6.07) is 9.53. The number of rotatable bonds is 5. The highest BCUT2D eigenvalue weighted by Gasteiger charge is 2.48. The zero-order chi connectivity index (χ0) is 17.2. The summed E-state index contributed by atoms with van der Waals surface area (Å²) in [6.45, 7) is 1.67. The Kier molecular flexibility index (Phi) is 4.69. The van der Waals surface area contributed by atoms with Crippen LogP contribution in [-0.2, 0) is 24.8 Å². The summed E-state index contributed by atoms with van der Waals surface area (Å²) in [4.78, 5) is 14.1. The SMILES string of the molecule is Cn1cc(CN2CC[C@](Cc3ccccc3)(C(=O)O)[C@H](O)C2)cn1. The van der Waals surface area contributed by atoms with Crippen molar-refractivity contribution >= 4 is 5.97 Å². The van der Waals surface area contributed by atoms with E-state index in [-0.39, 0.29) is 0 Å². The molecule has 0 saturated carbocycles. The van der Waals surface area contributed by atoms with E-state index < -0.39 is 17.5 Å². The second-order valence-electron chi connectivity index (χ2n) is 6.65. The molecule has 0 amide bonds. The second kappa shape index (κ2) is 6.75. The molecule has 0 radical (unpaired) electrons. The van der Waals surface area contributed by atoms with Gasteiger partial charge in [0.2, 0.25) is 0 Å². The Labute approximate surface area is 141 Å². The third-order valence-electron chi connectivity index (χ3n) is 4.90. The Morgan fingerprint density at radius 1 is 1.33 bits per heavy atom. The first kappa shape index (κ1) is 16.7. The lowest BCUT2D eigenvalue weighted by Crippen LogP contribution is -2.55. The van der Waals surface area contributed by atoms with E-state index >= 15 is 0 Å². The monoisotopic (exact) mass is 329 g/mol. The minimum absolute atomic E-state index is 0.352. The van der Waals surface area contributed by atoms with Crippen LogP contribution in [0.5, 0.6) is 0 Å². The van der Waals surface area contributed by atoms with Gasteiger partial charge in [-0.1, -0.05) is 30.3 Å². The summed E-state index contributed by atoms with van der Waals surface area (Å²) in [5.74, 6) is -0.917. The summed E-state index contributed by atoms with van der Waals surface area (Å²) in [7, 11) is 1.86. The van der Waals surface area contributed by atoms with Gasteiger partial charge in [0.15, 0.2) is 0 Å². The Balaban J connectivity index is 1.72. The molecule has 0 bridgehead atoms. The Bertz CT molecular complexity index is 701. The molecule has 0 spiro atoms. The van der Waals surface area contributed by atoms with E-state index in [1.807, 2.05) is 43.6 Å². The molecule has 2 heterocycles. The molecule has 2 atom stereocenters. The first-order chi connectivity index (χ1) is 11.5. The quantitative estimate of drug-likeness (QED) is 0.864. The Hall–Kier alpha value is -2.18. The number of likely N-dealkylation sites (tertiary alicyclic amines) is 1. The highest BCUT2D eigenvalue weighted by molar-refractivity contribution is 5.76. The molecule has 6 heteroatoms. The van der Waals surface area contributed by atoms with E-state index in [9.17, 15) is 15.0 Å². The van der Waals surface area contributed by atoms with Gasteiger partial charge in [0.1, 0.15) is 5.41 Å². The number of hydrogen-bond acceptors (Lipinski definition) is 4. The van der Waals surface area contributed by atoms with Crippen LogP contribution in [0.3, 0.4) is 0 Å². The van der Waals surface area contributed by atoms with E-state index in [2.05, 4.69) is 10.00 Å². The third kappa shape index (κ3) is 3.34. The van der Waals surface area contributed by atoms with Crippen LogP contribution in [0.2, 0.25) is 0 Å². The highest BCUT2D eigenvalue weighted by atomic mass is 16.4. The number of aliphatic hydroxyl groups is 1. The molecule has 0 aliphatic carbocycles. The fourth-order valence-electron chi connectivity index (χ4n) is 3.48. The van der Waals surface area contributed by atoms with Gasteiger partial charge in [-0.15, -0.1) is 0 Å². The maximum absolute atomic E-state index is 12.0. The molecule has 0 unspecified atom stereocenters. The Morgan fingerprint density at radius 3 is 2.67 bits per heavy atom. The molecule has 2 aromatic rings. The number of carboxylic acids is 1. The topological polar surface area (TPSA) is 78.6 Å². The molecule has 1 fully saturated rings. The van der Waals surface area contributed by atoms with Gasteiger partial charge in [-0.05, 0) is 24.9 Å². The standard InChI is InChI=1S/C18H23N3O3/c1-20-11-15(10-19-20)12-21-8-7-18(17(23)24,16(22)13-21)9-14-5-3-2-4-6-14/h2-6,10-11,16,22H,7-9,12-13H2,1H3,(H,23,24)/t16-,18-/m1/s1. The lowest BCUT2D eigenvalue weighted by Gasteiger charge is -2.42. The van der Waals surface area contributed by atoms with Crippen LogP contribution in [0.1, 0.15) is 17.5 Å².